The summed E-state index contributed by atoms with van der Waals surface area (Å²) in [5.41, 5.74) is 0. The van der Waals surface area contributed by atoms with E-state index in [2.05, 4.69) is 0 Å². The predicted octanol–water partition coefficient (Wildman–Crippen LogP) is -6.59. The Hall–Kier alpha value is 1.57. The maximum absolute atomic E-state index is 0. The van der Waals surface area contributed by atoms with E-state index in [9.17, 15) is 0 Å². The quantitative estimate of drug-likeness (QED) is 0.304. The van der Waals surface area contributed by atoms with Crippen LogP contribution in [0.2, 0.25) is 0 Å². The van der Waals surface area contributed by atoms with E-state index in [1.54, 1.807) is 0 Å². The van der Waals surface area contributed by atoms with Gasteiger partial charge in [0.2, 0.25) is 0 Å². The molecule has 7 heavy (non-hydrogen) atoms. The molecule has 2 N–H and O–H groups in total. The first-order valence-electron chi connectivity index (χ1n) is 0. The number of hydrogen-bond acceptors (Lipinski definition) is 2. The van der Waals surface area contributed by atoms with Crippen molar-refractivity contribution in [3.05, 3.63) is 0 Å². The Balaban J connectivity index is 0. The van der Waals surface area contributed by atoms with Crippen molar-refractivity contribution < 1.29 is 77.0 Å². The molecule has 0 fully saturated rings. The molecule has 0 aliphatic heterocycles. The first-order valence-corrected chi connectivity index (χ1v) is 0. The minimum absolute atomic E-state index is 0. The third kappa shape index (κ3) is 95.5. The largest absolute Gasteiger partial charge is 4.00 e. The molecule has 0 saturated carbocycles. The van der Waals surface area contributed by atoms with Gasteiger partial charge in [-0.15, -0.1) is 0 Å². The molecule has 34 valence electrons. The molecule has 0 bridgehead atoms. The van der Waals surface area contributed by atoms with Crippen LogP contribution in [0.4, 0.5) is 0 Å². The van der Waals surface area contributed by atoms with Gasteiger partial charge in [0.15, 0.2) is 0 Å². The fraction of sp³-hybridized carbons (Fsp3) is 0. The van der Waals surface area contributed by atoms with Crippen molar-refractivity contribution in [1.82, 2.24) is 0 Å². The van der Waals surface area contributed by atoms with Crippen LogP contribution in [0, 0.1) is 0 Å². The summed E-state index contributed by atoms with van der Waals surface area (Å²) in [5, 5.41) is 0. The van der Waals surface area contributed by atoms with Crippen LogP contribution < -0.4 is 37.7 Å². The van der Waals surface area contributed by atoms with Crippen molar-refractivity contribution in [1.29, 1.82) is 0 Å². The van der Waals surface area contributed by atoms with Crippen molar-refractivity contribution in [3.8, 4) is 0 Å². The Kier molecular flexibility index (Phi) is 3790. The van der Waals surface area contributed by atoms with E-state index < -0.39 is 0 Å². The smallest absolute Gasteiger partial charge is 2.00 e. The van der Waals surface area contributed by atoms with Gasteiger partial charge < -0.3 is 21.9 Å². The SMILES string of the molecule is [Cr+4].[Li+].[Li+].[O-2].[O-2].[OH-].[OH-]. The molecular weight excluding hydrogens is 130 g/mol. The molecular formula is H2CrLi2O4. The molecule has 0 aliphatic rings. The van der Waals surface area contributed by atoms with Gasteiger partial charge in [-0.2, -0.15) is 0 Å². The fourth-order valence-corrected chi connectivity index (χ4v) is 0. The number of rotatable bonds is 0. The third-order valence-corrected chi connectivity index (χ3v) is 0. The summed E-state index contributed by atoms with van der Waals surface area (Å²) in [5.74, 6) is 0. The zero-order chi connectivity index (χ0) is 0. The maximum Gasteiger partial charge on any atom is 4.00 e. The van der Waals surface area contributed by atoms with Crippen molar-refractivity contribution >= 4 is 0 Å². The van der Waals surface area contributed by atoms with Gasteiger partial charge in [-0.05, 0) is 0 Å². The third-order valence-electron chi connectivity index (χ3n) is 0. The van der Waals surface area contributed by atoms with Crippen LogP contribution in [0.25, 0.3) is 0 Å². The molecule has 0 rings (SSSR count). The first-order chi connectivity index (χ1) is 0. The average molecular weight is 132 g/mol. The van der Waals surface area contributed by atoms with Gasteiger partial charge in [0.1, 0.15) is 0 Å². The second-order valence-electron chi connectivity index (χ2n) is 0. The maximum atomic E-state index is 0. The normalized spacial score (nSPS) is 0. The number of hydrogen-bond donors (Lipinski definition) is 0. The van der Waals surface area contributed by atoms with Crippen molar-refractivity contribution in [2.45, 2.75) is 0 Å². The van der Waals surface area contributed by atoms with E-state index in [1.807, 2.05) is 0 Å². The van der Waals surface area contributed by atoms with E-state index in [1.165, 1.54) is 0 Å². The van der Waals surface area contributed by atoms with E-state index in [-0.39, 0.29) is 77.0 Å². The molecule has 0 atom stereocenters. The minimum atomic E-state index is 0. The second kappa shape index (κ2) is 133. The van der Waals surface area contributed by atoms with Gasteiger partial charge in [0.25, 0.3) is 0 Å². The Morgan fingerprint density at radius 1 is 0.571 bits per heavy atom. The monoisotopic (exact) mass is 132 g/mol. The molecule has 0 aromatic rings. The molecule has 0 heterocycles. The zero-order valence-electron chi connectivity index (χ0n) is 4.12. The molecule has 0 aromatic carbocycles. The van der Waals surface area contributed by atoms with E-state index >= 15 is 0 Å². The van der Waals surface area contributed by atoms with Gasteiger partial charge in [0.05, 0.1) is 0 Å². The fourth-order valence-electron chi connectivity index (χ4n) is 0. The van der Waals surface area contributed by atoms with Crippen molar-refractivity contribution in [2.75, 3.05) is 0 Å². The molecule has 0 amide bonds. The van der Waals surface area contributed by atoms with Gasteiger partial charge in [-0.25, -0.2) is 0 Å². The standard InChI is InChI=1S/Cr.2Li.2H2O.2O/h;;;2*1H2;;/q+4;2*+1;;;2*-2/p-2. The molecule has 0 aromatic heterocycles. The van der Waals surface area contributed by atoms with Crippen LogP contribution in [0.5, 0.6) is 0 Å². The van der Waals surface area contributed by atoms with Gasteiger partial charge in [0, 0.05) is 0 Å². The van der Waals surface area contributed by atoms with Crippen LogP contribution in [-0.4, -0.2) is 11.0 Å². The summed E-state index contributed by atoms with van der Waals surface area (Å²) in [6.07, 6.45) is 0. The van der Waals surface area contributed by atoms with Crippen LogP contribution in [0.15, 0.2) is 0 Å². The molecule has 0 aliphatic carbocycles. The zero-order valence-corrected chi connectivity index (χ0v) is 5.39. The van der Waals surface area contributed by atoms with Crippen LogP contribution in [0.3, 0.4) is 0 Å². The van der Waals surface area contributed by atoms with E-state index in [0.717, 1.165) is 0 Å². The Labute approximate surface area is 76.8 Å². The Morgan fingerprint density at radius 2 is 0.571 bits per heavy atom. The summed E-state index contributed by atoms with van der Waals surface area (Å²) in [4.78, 5) is 0. The Bertz CT molecular complexity index is 9.65. The summed E-state index contributed by atoms with van der Waals surface area (Å²) in [7, 11) is 0. The summed E-state index contributed by atoms with van der Waals surface area (Å²) in [6.45, 7) is 0. The average Bonchev–Trinajstić information content (AvgIpc) is 0. The van der Waals surface area contributed by atoms with Crippen LogP contribution in [0.1, 0.15) is 0 Å². The predicted molar refractivity (Wildman–Crippen MR) is 5.24 cm³/mol. The first kappa shape index (κ1) is 200. The summed E-state index contributed by atoms with van der Waals surface area (Å²) in [6, 6.07) is 0. The molecule has 0 saturated heterocycles. The molecule has 0 radical (unpaired) electrons. The minimum Gasteiger partial charge on any atom is -2.00 e. The molecule has 4 nitrogen and oxygen atoms in total. The van der Waals surface area contributed by atoms with Gasteiger partial charge in [-0.1, -0.05) is 0 Å². The van der Waals surface area contributed by atoms with Crippen molar-refractivity contribution in [3.63, 3.8) is 0 Å². The van der Waals surface area contributed by atoms with Crippen LogP contribution in [-0.2, 0) is 28.3 Å². The van der Waals surface area contributed by atoms with E-state index in [4.69, 9.17) is 0 Å². The summed E-state index contributed by atoms with van der Waals surface area (Å²) < 4.78 is 0. The van der Waals surface area contributed by atoms with Crippen molar-refractivity contribution in [2.24, 2.45) is 0 Å². The topological polar surface area (TPSA) is 117 Å². The summed E-state index contributed by atoms with van der Waals surface area (Å²) >= 11 is 0. The van der Waals surface area contributed by atoms with Gasteiger partial charge in [-0.3, -0.25) is 0 Å². The second-order valence-corrected chi connectivity index (χ2v) is 0. The molecule has 0 spiro atoms. The molecule has 0 unspecified atom stereocenters. The van der Waals surface area contributed by atoms with Gasteiger partial charge >= 0.3 is 55.1 Å². The van der Waals surface area contributed by atoms with E-state index in [0.29, 0.717) is 0 Å². The Morgan fingerprint density at radius 3 is 0.571 bits per heavy atom. The van der Waals surface area contributed by atoms with Crippen LogP contribution >= 0.6 is 0 Å². The molecule has 7 heteroatoms.